The van der Waals surface area contributed by atoms with E-state index < -0.39 is 0 Å². The number of ether oxygens (including phenoxy) is 3. The smallest absolute Gasteiger partial charge is 0.130 e. The minimum absolute atomic E-state index is 0.172. The molecule has 5 nitrogen and oxygen atoms in total. The van der Waals surface area contributed by atoms with E-state index in [0.717, 1.165) is 17.1 Å². The molecule has 1 aromatic carbocycles. The third-order valence-corrected chi connectivity index (χ3v) is 3.01. The fourth-order valence-electron chi connectivity index (χ4n) is 1.82. The van der Waals surface area contributed by atoms with Crippen molar-refractivity contribution in [1.82, 2.24) is 5.32 Å². The minimum Gasteiger partial charge on any atom is -0.496 e. The molecule has 2 N–H and O–H groups in total. The van der Waals surface area contributed by atoms with Crippen LogP contribution in [0.5, 0.6) is 17.2 Å². The number of methoxy groups -OCH3 is 3. The number of hydrogen-bond acceptors (Lipinski definition) is 5. The molecule has 0 aliphatic carbocycles. The quantitative estimate of drug-likeness (QED) is 0.750. The maximum Gasteiger partial charge on any atom is 0.130 e. The van der Waals surface area contributed by atoms with Crippen molar-refractivity contribution in [3.05, 3.63) is 17.7 Å². The topological polar surface area (TPSA) is 60.0 Å². The summed E-state index contributed by atoms with van der Waals surface area (Å²) in [6.07, 6.45) is 0.709. The first-order valence-electron chi connectivity index (χ1n) is 6.29. The molecule has 1 atom stereocenters. The summed E-state index contributed by atoms with van der Waals surface area (Å²) in [5, 5.41) is 12.2. The lowest BCUT2D eigenvalue weighted by molar-refractivity contribution is 0.268. The van der Waals surface area contributed by atoms with Gasteiger partial charge in [-0.3, -0.25) is 0 Å². The summed E-state index contributed by atoms with van der Waals surface area (Å²) >= 11 is 0. The second-order valence-corrected chi connectivity index (χ2v) is 4.30. The number of rotatable bonds is 8. The highest BCUT2D eigenvalue weighted by atomic mass is 16.5. The Balaban J connectivity index is 2.90. The minimum atomic E-state index is 0.172. The average Bonchev–Trinajstić information content (AvgIpc) is 2.44. The maximum atomic E-state index is 8.90. The monoisotopic (exact) mass is 269 g/mol. The van der Waals surface area contributed by atoms with Crippen molar-refractivity contribution < 1.29 is 19.3 Å². The Morgan fingerprint density at radius 1 is 1.11 bits per heavy atom. The zero-order valence-electron chi connectivity index (χ0n) is 12.0. The van der Waals surface area contributed by atoms with Gasteiger partial charge >= 0.3 is 0 Å². The van der Waals surface area contributed by atoms with Crippen LogP contribution in [-0.4, -0.2) is 39.1 Å². The number of hydrogen-bond donors (Lipinski definition) is 2. The molecule has 0 amide bonds. The van der Waals surface area contributed by atoms with Crippen molar-refractivity contribution >= 4 is 0 Å². The first-order chi connectivity index (χ1) is 9.15. The number of aliphatic hydroxyl groups excluding tert-OH is 1. The van der Waals surface area contributed by atoms with Crippen molar-refractivity contribution in [1.29, 1.82) is 0 Å². The van der Waals surface area contributed by atoms with Crippen molar-refractivity contribution in [2.75, 3.05) is 27.9 Å². The SMILES string of the molecule is COc1cc(OC)c(CNC(C)CCO)c(OC)c1. The lowest BCUT2D eigenvalue weighted by Gasteiger charge is -2.18. The van der Waals surface area contributed by atoms with Crippen LogP contribution >= 0.6 is 0 Å². The normalized spacial score (nSPS) is 12.1. The van der Waals surface area contributed by atoms with E-state index in [-0.39, 0.29) is 12.6 Å². The van der Waals surface area contributed by atoms with Gasteiger partial charge in [0.25, 0.3) is 0 Å². The van der Waals surface area contributed by atoms with Crippen molar-refractivity contribution in [2.45, 2.75) is 25.9 Å². The fraction of sp³-hybridized carbons (Fsp3) is 0.571. The Bertz CT molecular complexity index is 370. The molecular weight excluding hydrogens is 246 g/mol. The van der Waals surface area contributed by atoms with Gasteiger partial charge in [-0.05, 0) is 13.3 Å². The van der Waals surface area contributed by atoms with E-state index in [0.29, 0.717) is 18.7 Å². The average molecular weight is 269 g/mol. The van der Waals surface area contributed by atoms with E-state index in [1.807, 2.05) is 19.1 Å². The molecular formula is C14H23NO4. The van der Waals surface area contributed by atoms with Crippen molar-refractivity contribution in [3.63, 3.8) is 0 Å². The second kappa shape index (κ2) is 7.86. The molecule has 5 heteroatoms. The van der Waals surface area contributed by atoms with Gasteiger partial charge in [0.05, 0.1) is 26.9 Å². The lowest BCUT2D eigenvalue weighted by atomic mass is 10.1. The van der Waals surface area contributed by atoms with Gasteiger partial charge in [-0.15, -0.1) is 0 Å². The molecule has 0 saturated carbocycles. The van der Waals surface area contributed by atoms with Gasteiger partial charge in [-0.2, -0.15) is 0 Å². The summed E-state index contributed by atoms with van der Waals surface area (Å²) in [6.45, 7) is 2.81. The van der Waals surface area contributed by atoms with E-state index in [2.05, 4.69) is 5.32 Å². The first-order valence-corrected chi connectivity index (χ1v) is 6.29. The van der Waals surface area contributed by atoms with Crippen LogP contribution in [0.15, 0.2) is 12.1 Å². The number of nitrogens with one attached hydrogen (secondary N) is 1. The maximum absolute atomic E-state index is 8.90. The summed E-state index contributed by atoms with van der Waals surface area (Å²) in [5.74, 6) is 2.14. The molecule has 108 valence electrons. The lowest BCUT2D eigenvalue weighted by Crippen LogP contribution is -2.26. The van der Waals surface area contributed by atoms with Crippen LogP contribution in [0.4, 0.5) is 0 Å². The van der Waals surface area contributed by atoms with Gasteiger partial charge in [0.2, 0.25) is 0 Å². The van der Waals surface area contributed by atoms with Crippen molar-refractivity contribution in [3.8, 4) is 17.2 Å². The zero-order chi connectivity index (χ0) is 14.3. The third-order valence-electron chi connectivity index (χ3n) is 3.01. The van der Waals surface area contributed by atoms with Gasteiger partial charge < -0.3 is 24.6 Å². The van der Waals surface area contributed by atoms with Crippen LogP contribution in [0.1, 0.15) is 18.9 Å². The summed E-state index contributed by atoms with van der Waals surface area (Å²) < 4.78 is 16.0. The van der Waals surface area contributed by atoms with E-state index in [1.54, 1.807) is 21.3 Å². The standard InChI is InChI=1S/C14H23NO4/c1-10(5-6-16)15-9-12-13(18-3)7-11(17-2)8-14(12)19-4/h7-8,10,15-16H,5-6,9H2,1-4H3. The highest BCUT2D eigenvalue weighted by molar-refractivity contribution is 5.50. The highest BCUT2D eigenvalue weighted by Gasteiger charge is 2.13. The number of benzene rings is 1. The molecule has 0 fully saturated rings. The number of aliphatic hydroxyl groups is 1. The van der Waals surface area contributed by atoms with Crippen LogP contribution in [0.25, 0.3) is 0 Å². The largest absolute Gasteiger partial charge is 0.496 e. The molecule has 0 radical (unpaired) electrons. The van der Waals surface area contributed by atoms with E-state index in [9.17, 15) is 0 Å². The summed E-state index contributed by atoms with van der Waals surface area (Å²) in [6, 6.07) is 3.88. The predicted octanol–water partition coefficient (Wildman–Crippen LogP) is 1.57. The van der Waals surface area contributed by atoms with Gasteiger partial charge in [0.15, 0.2) is 0 Å². The van der Waals surface area contributed by atoms with Crippen LogP contribution in [0.3, 0.4) is 0 Å². The molecule has 19 heavy (non-hydrogen) atoms. The zero-order valence-corrected chi connectivity index (χ0v) is 12.0. The molecule has 0 spiro atoms. The molecule has 0 aromatic heterocycles. The first kappa shape index (κ1) is 15.6. The highest BCUT2D eigenvalue weighted by Crippen LogP contribution is 2.33. The Hall–Kier alpha value is -1.46. The molecule has 1 aromatic rings. The van der Waals surface area contributed by atoms with E-state index >= 15 is 0 Å². The van der Waals surface area contributed by atoms with E-state index in [1.165, 1.54) is 0 Å². The predicted molar refractivity (Wildman–Crippen MR) is 74.1 cm³/mol. The summed E-state index contributed by atoms with van der Waals surface area (Å²) in [5.41, 5.74) is 0.940. The molecule has 1 rings (SSSR count). The fourth-order valence-corrected chi connectivity index (χ4v) is 1.82. The molecule has 0 heterocycles. The summed E-state index contributed by atoms with van der Waals surface area (Å²) in [4.78, 5) is 0. The summed E-state index contributed by atoms with van der Waals surface area (Å²) in [7, 11) is 4.85. The molecule has 0 aliphatic heterocycles. The Morgan fingerprint density at radius 3 is 2.11 bits per heavy atom. The van der Waals surface area contributed by atoms with Crippen LogP contribution in [0, 0.1) is 0 Å². The van der Waals surface area contributed by atoms with Gasteiger partial charge in [0, 0.05) is 31.3 Å². The van der Waals surface area contributed by atoms with Crippen molar-refractivity contribution in [2.24, 2.45) is 0 Å². The Morgan fingerprint density at radius 2 is 1.68 bits per heavy atom. The third kappa shape index (κ3) is 4.29. The molecule has 1 unspecified atom stereocenters. The Labute approximate surface area is 114 Å². The van der Waals surface area contributed by atoms with Crippen LogP contribution < -0.4 is 19.5 Å². The molecule has 0 bridgehead atoms. The van der Waals surface area contributed by atoms with Crippen LogP contribution in [-0.2, 0) is 6.54 Å². The second-order valence-electron chi connectivity index (χ2n) is 4.30. The van der Waals surface area contributed by atoms with Gasteiger partial charge in [-0.1, -0.05) is 0 Å². The van der Waals surface area contributed by atoms with Gasteiger partial charge in [-0.25, -0.2) is 0 Å². The van der Waals surface area contributed by atoms with Crippen LogP contribution in [0.2, 0.25) is 0 Å². The molecule has 0 saturated heterocycles. The van der Waals surface area contributed by atoms with Gasteiger partial charge in [0.1, 0.15) is 17.2 Å². The van der Waals surface area contributed by atoms with E-state index in [4.69, 9.17) is 19.3 Å². The molecule has 0 aliphatic rings. The Kier molecular flexibility index (Phi) is 6.45.